The van der Waals surface area contributed by atoms with Crippen LogP contribution < -0.4 is 15.2 Å². The topological polar surface area (TPSA) is 81.4 Å². The Balaban J connectivity index is 2.18. The highest BCUT2D eigenvalue weighted by Crippen LogP contribution is 2.36. The molecule has 1 saturated carbocycles. The zero-order valence-electron chi connectivity index (χ0n) is 12.8. The summed E-state index contributed by atoms with van der Waals surface area (Å²) in [6.45, 7) is 4.44. The van der Waals surface area contributed by atoms with Crippen molar-refractivity contribution in [3.8, 4) is 5.75 Å². The number of nitrogens with two attached hydrogens (primary N) is 1. The zero-order valence-corrected chi connectivity index (χ0v) is 13.7. The van der Waals surface area contributed by atoms with E-state index in [4.69, 9.17) is 10.5 Å². The van der Waals surface area contributed by atoms with E-state index < -0.39 is 10.0 Å². The molecule has 2 rings (SSSR count). The summed E-state index contributed by atoms with van der Waals surface area (Å²) in [5, 5.41) is 0. The molecule has 118 valence electrons. The number of methoxy groups -OCH3 is 1. The maximum absolute atomic E-state index is 12.5. The van der Waals surface area contributed by atoms with Gasteiger partial charge in [0.25, 0.3) is 0 Å². The molecule has 1 aromatic carbocycles. The fourth-order valence-corrected chi connectivity index (χ4v) is 4.21. The van der Waals surface area contributed by atoms with Crippen LogP contribution in [0.15, 0.2) is 23.1 Å². The maximum atomic E-state index is 12.5. The second kappa shape index (κ2) is 5.85. The van der Waals surface area contributed by atoms with Gasteiger partial charge in [0.05, 0.1) is 7.11 Å². The third-order valence-corrected chi connectivity index (χ3v) is 5.68. The molecule has 0 saturated heterocycles. The first-order chi connectivity index (χ1) is 9.73. The number of anilines is 1. The van der Waals surface area contributed by atoms with Crippen molar-refractivity contribution in [1.82, 2.24) is 4.72 Å². The van der Waals surface area contributed by atoms with E-state index in [0.29, 0.717) is 16.9 Å². The number of rotatable bonds is 4. The van der Waals surface area contributed by atoms with Gasteiger partial charge in [-0.15, -0.1) is 0 Å². The zero-order chi connectivity index (χ0) is 15.7. The van der Waals surface area contributed by atoms with Crippen molar-refractivity contribution in [2.75, 3.05) is 12.8 Å². The first-order valence-electron chi connectivity index (χ1n) is 7.19. The fraction of sp³-hybridized carbons (Fsp3) is 0.600. The lowest BCUT2D eigenvalue weighted by Crippen LogP contribution is -2.39. The summed E-state index contributed by atoms with van der Waals surface area (Å²) in [6, 6.07) is 4.62. The second-order valence-corrected chi connectivity index (χ2v) is 8.15. The highest BCUT2D eigenvalue weighted by atomic mass is 32.2. The van der Waals surface area contributed by atoms with Crippen LogP contribution in [0.2, 0.25) is 0 Å². The SMILES string of the molecule is COc1ccc(N)cc1S(=O)(=O)NC1CCC(C)(C)CC1. The Hall–Kier alpha value is -1.27. The molecule has 0 bridgehead atoms. The number of sulfonamides is 1. The van der Waals surface area contributed by atoms with Gasteiger partial charge < -0.3 is 10.5 Å². The Bertz CT molecular complexity index is 601. The monoisotopic (exact) mass is 312 g/mol. The summed E-state index contributed by atoms with van der Waals surface area (Å²) in [4.78, 5) is 0.106. The van der Waals surface area contributed by atoms with Crippen molar-refractivity contribution in [3.05, 3.63) is 18.2 Å². The van der Waals surface area contributed by atoms with E-state index in [-0.39, 0.29) is 10.9 Å². The molecule has 0 aliphatic heterocycles. The van der Waals surface area contributed by atoms with Gasteiger partial charge in [-0.05, 0) is 49.3 Å². The van der Waals surface area contributed by atoms with Crippen LogP contribution in [-0.2, 0) is 10.0 Å². The number of nitrogens with one attached hydrogen (secondary N) is 1. The maximum Gasteiger partial charge on any atom is 0.244 e. The number of ether oxygens (including phenoxy) is 1. The number of benzene rings is 1. The Morgan fingerprint density at radius 2 is 1.90 bits per heavy atom. The van der Waals surface area contributed by atoms with E-state index in [0.717, 1.165) is 25.7 Å². The molecule has 1 aliphatic rings. The van der Waals surface area contributed by atoms with Crippen molar-refractivity contribution >= 4 is 15.7 Å². The Morgan fingerprint density at radius 1 is 1.29 bits per heavy atom. The molecule has 0 radical (unpaired) electrons. The summed E-state index contributed by atoms with van der Waals surface area (Å²) in [5.41, 5.74) is 6.41. The van der Waals surface area contributed by atoms with Gasteiger partial charge in [0, 0.05) is 11.7 Å². The molecule has 6 heteroatoms. The minimum absolute atomic E-state index is 0.0193. The van der Waals surface area contributed by atoms with Crippen molar-refractivity contribution in [1.29, 1.82) is 0 Å². The van der Waals surface area contributed by atoms with Gasteiger partial charge in [0.15, 0.2) is 0 Å². The van der Waals surface area contributed by atoms with Crippen molar-refractivity contribution in [3.63, 3.8) is 0 Å². The molecule has 5 nitrogen and oxygen atoms in total. The van der Waals surface area contributed by atoms with Crippen LogP contribution in [0.5, 0.6) is 5.75 Å². The summed E-state index contributed by atoms with van der Waals surface area (Å²) in [6.07, 6.45) is 3.76. The van der Waals surface area contributed by atoms with E-state index in [1.54, 1.807) is 12.1 Å². The molecule has 21 heavy (non-hydrogen) atoms. The van der Waals surface area contributed by atoms with Gasteiger partial charge in [0.2, 0.25) is 10.0 Å². The molecule has 0 heterocycles. The summed E-state index contributed by atoms with van der Waals surface area (Å²) in [7, 11) is -2.17. The molecule has 1 aliphatic carbocycles. The van der Waals surface area contributed by atoms with Gasteiger partial charge in [-0.1, -0.05) is 13.8 Å². The van der Waals surface area contributed by atoms with E-state index in [1.165, 1.54) is 13.2 Å². The molecule has 0 atom stereocenters. The highest BCUT2D eigenvalue weighted by molar-refractivity contribution is 7.89. The van der Waals surface area contributed by atoms with Crippen LogP contribution in [-0.4, -0.2) is 21.6 Å². The smallest absolute Gasteiger partial charge is 0.244 e. The molecule has 1 aromatic rings. The summed E-state index contributed by atoms with van der Waals surface area (Å²) in [5.74, 6) is 0.313. The molecule has 0 unspecified atom stereocenters. The standard InChI is InChI=1S/C15H24N2O3S/c1-15(2)8-6-12(7-9-15)17-21(18,19)14-10-11(16)4-5-13(14)20-3/h4-5,10,12,17H,6-9,16H2,1-3H3. The van der Waals surface area contributed by atoms with Crippen LogP contribution in [0.1, 0.15) is 39.5 Å². The van der Waals surface area contributed by atoms with E-state index in [2.05, 4.69) is 18.6 Å². The normalized spacial score (nSPS) is 19.4. The lowest BCUT2D eigenvalue weighted by molar-refractivity contribution is 0.218. The van der Waals surface area contributed by atoms with Crippen LogP contribution in [0, 0.1) is 5.41 Å². The molecular weight excluding hydrogens is 288 g/mol. The molecule has 0 aromatic heterocycles. The third-order valence-electron chi connectivity index (χ3n) is 4.14. The van der Waals surface area contributed by atoms with Gasteiger partial charge in [-0.2, -0.15) is 0 Å². The van der Waals surface area contributed by atoms with Crippen molar-refractivity contribution in [2.45, 2.75) is 50.5 Å². The lowest BCUT2D eigenvalue weighted by atomic mass is 9.76. The second-order valence-electron chi connectivity index (χ2n) is 6.47. The molecule has 0 amide bonds. The molecular formula is C15H24N2O3S. The van der Waals surface area contributed by atoms with Gasteiger partial charge >= 0.3 is 0 Å². The number of nitrogen functional groups attached to an aromatic ring is 1. The highest BCUT2D eigenvalue weighted by Gasteiger charge is 2.30. The summed E-state index contributed by atoms with van der Waals surface area (Å²) < 4.78 is 33.0. The van der Waals surface area contributed by atoms with Crippen molar-refractivity contribution < 1.29 is 13.2 Å². The third kappa shape index (κ3) is 3.89. The predicted molar refractivity (Wildman–Crippen MR) is 83.8 cm³/mol. The molecule has 0 spiro atoms. The lowest BCUT2D eigenvalue weighted by Gasteiger charge is -2.34. The molecule has 3 N–H and O–H groups in total. The Labute approximate surface area is 126 Å². The van der Waals surface area contributed by atoms with Crippen LogP contribution >= 0.6 is 0 Å². The first-order valence-corrected chi connectivity index (χ1v) is 8.68. The fourth-order valence-electron chi connectivity index (χ4n) is 2.70. The van der Waals surface area contributed by atoms with E-state index in [1.807, 2.05) is 0 Å². The first kappa shape index (κ1) is 16.1. The minimum atomic E-state index is -3.62. The van der Waals surface area contributed by atoms with Crippen LogP contribution in [0.25, 0.3) is 0 Å². The average Bonchev–Trinajstić information content (AvgIpc) is 2.41. The van der Waals surface area contributed by atoms with E-state index in [9.17, 15) is 8.42 Å². The number of hydrogen-bond acceptors (Lipinski definition) is 4. The summed E-state index contributed by atoms with van der Waals surface area (Å²) >= 11 is 0. The van der Waals surface area contributed by atoms with Crippen LogP contribution in [0.4, 0.5) is 5.69 Å². The minimum Gasteiger partial charge on any atom is -0.495 e. The Kier molecular flexibility index (Phi) is 4.49. The van der Waals surface area contributed by atoms with E-state index >= 15 is 0 Å². The molecule has 1 fully saturated rings. The van der Waals surface area contributed by atoms with Gasteiger partial charge in [-0.3, -0.25) is 0 Å². The Morgan fingerprint density at radius 3 is 2.48 bits per heavy atom. The quantitative estimate of drug-likeness (QED) is 0.837. The predicted octanol–water partition coefficient (Wildman–Crippen LogP) is 2.52. The van der Waals surface area contributed by atoms with Crippen LogP contribution in [0.3, 0.4) is 0 Å². The van der Waals surface area contributed by atoms with Gasteiger partial charge in [-0.25, -0.2) is 13.1 Å². The van der Waals surface area contributed by atoms with Gasteiger partial charge in [0.1, 0.15) is 10.6 Å². The number of hydrogen-bond donors (Lipinski definition) is 2. The van der Waals surface area contributed by atoms with Crippen molar-refractivity contribution in [2.24, 2.45) is 5.41 Å². The largest absolute Gasteiger partial charge is 0.495 e. The average molecular weight is 312 g/mol.